The van der Waals surface area contributed by atoms with Crippen molar-refractivity contribution in [2.24, 2.45) is 5.92 Å². The van der Waals surface area contributed by atoms with Crippen molar-refractivity contribution in [3.8, 4) is 0 Å². The fourth-order valence-electron chi connectivity index (χ4n) is 6.02. The fourth-order valence-corrected chi connectivity index (χ4v) is 6.18. The second kappa shape index (κ2) is 11.2. The van der Waals surface area contributed by atoms with E-state index in [1.54, 1.807) is 6.92 Å². The number of amides is 2. The first-order valence-electron chi connectivity index (χ1n) is 13.5. The molecule has 36 heavy (non-hydrogen) atoms. The second-order valence-corrected chi connectivity index (χ2v) is 10.9. The maximum atomic E-state index is 13.5. The van der Waals surface area contributed by atoms with Crippen molar-refractivity contribution in [2.75, 3.05) is 31.1 Å². The number of aryl methyl sites for hydroxylation is 1. The van der Waals surface area contributed by atoms with Crippen LogP contribution in [0.15, 0.2) is 18.2 Å². The molecule has 9 heteroatoms. The minimum absolute atomic E-state index is 0.000562. The lowest BCUT2D eigenvalue weighted by Gasteiger charge is -2.33. The molecule has 1 aliphatic carbocycles. The Hall–Kier alpha value is -2.61. The highest BCUT2D eigenvalue weighted by Gasteiger charge is 2.31. The summed E-state index contributed by atoms with van der Waals surface area (Å²) in [5.74, 6) is 1.68. The molecule has 0 atom stereocenters. The monoisotopic (exact) mass is 512 g/mol. The van der Waals surface area contributed by atoms with Crippen LogP contribution in [0.5, 0.6) is 0 Å². The van der Waals surface area contributed by atoms with Crippen molar-refractivity contribution in [1.29, 1.82) is 0 Å². The van der Waals surface area contributed by atoms with Gasteiger partial charge in [-0.05, 0) is 75.8 Å². The number of likely N-dealkylation sites (tertiary alicyclic amines) is 1. The maximum absolute atomic E-state index is 13.5. The number of fused-ring (bicyclic) bond motifs is 1. The van der Waals surface area contributed by atoms with Gasteiger partial charge in [-0.15, -0.1) is 0 Å². The molecular weight excluding hydrogens is 476 g/mol. The van der Waals surface area contributed by atoms with E-state index in [4.69, 9.17) is 16.7 Å². The van der Waals surface area contributed by atoms with Crippen LogP contribution >= 0.6 is 11.6 Å². The van der Waals surface area contributed by atoms with E-state index in [-0.39, 0.29) is 17.9 Å². The van der Waals surface area contributed by atoms with Gasteiger partial charge in [-0.2, -0.15) is 5.10 Å². The van der Waals surface area contributed by atoms with Gasteiger partial charge in [0.25, 0.3) is 5.91 Å². The van der Waals surface area contributed by atoms with E-state index < -0.39 is 0 Å². The van der Waals surface area contributed by atoms with Crippen molar-refractivity contribution in [1.82, 2.24) is 25.0 Å². The third-order valence-electron chi connectivity index (χ3n) is 8.04. The summed E-state index contributed by atoms with van der Waals surface area (Å²) in [4.78, 5) is 33.5. The Kier molecular flexibility index (Phi) is 7.79. The largest absolute Gasteiger partial charge is 0.357 e. The first-order chi connectivity index (χ1) is 17.5. The number of carbonyl (C=O) groups excluding carboxylic acids is 2. The number of anilines is 1. The zero-order chi connectivity index (χ0) is 25.1. The highest BCUT2D eigenvalue weighted by molar-refractivity contribution is 6.29. The van der Waals surface area contributed by atoms with E-state index in [1.807, 2.05) is 23.1 Å². The summed E-state index contributed by atoms with van der Waals surface area (Å²) in [5.41, 5.74) is 3.12. The highest BCUT2D eigenvalue weighted by atomic mass is 35.5. The molecule has 2 amide bonds. The Balaban J connectivity index is 1.19. The lowest BCUT2D eigenvalue weighted by atomic mass is 9.93. The van der Waals surface area contributed by atoms with Gasteiger partial charge in [0, 0.05) is 56.9 Å². The van der Waals surface area contributed by atoms with Crippen LogP contribution in [0.25, 0.3) is 0 Å². The number of piperidine rings is 2. The Labute approximate surface area is 218 Å². The smallest absolute Gasteiger partial charge is 0.274 e. The summed E-state index contributed by atoms with van der Waals surface area (Å²) in [6, 6.07) is 5.97. The quantitative estimate of drug-likeness (QED) is 0.594. The number of aromatic nitrogens is 3. The number of nitrogens with zero attached hydrogens (tertiary/aromatic N) is 5. The molecule has 2 saturated heterocycles. The minimum atomic E-state index is -0.000562. The normalized spacial score (nSPS) is 19.3. The van der Waals surface area contributed by atoms with Crippen LogP contribution in [-0.4, -0.2) is 63.7 Å². The fraction of sp³-hybridized carbons (Fsp3) is 0.630. The molecule has 0 aromatic carbocycles. The van der Waals surface area contributed by atoms with Gasteiger partial charge in [-0.25, -0.2) is 4.98 Å². The first-order valence-corrected chi connectivity index (χ1v) is 13.9. The van der Waals surface area contributed by atoms with Crippen LogP contribution in [-0.2, 0) is 24.2 Å². The molecule has 2 aliphatic heterocycles. The number of hydrogen-bond acceptors (Lipinski definition) is 5. The Morgan fingerprint density at radius 2 is 1.81 bits per heavy atom. The zero-order valence-electron chi connectivity index (χ0n) is 21.2. The van der Waals surface area contributed by atoms with Crippen LogP contribution in [0.3, 0.4) is 0 Å². The third kappa shape index (κ3) is 5.69. The first kappa shape index (κ1) is 25.1. The Morgan fingerprint density at radius 3 is 2.53 bits per heavy atom. The van der Waals surface area contributed by atoms with Crippen LogP contribution in [0.4, 0.5) is 5.82 Å². The number of carbonyl (C=O) groups is 2. The molecule has 0 unspecified atom stereocenters. The van der Waals surface area contributed by atoms with Crippen molar-refractivity contribution < 1.29 is 9.59 Å². The summed E-state index contributed by atoms with van der Waals surface area (Å²) < 4.78 is 2.15. The summed E-state index contributed by atoms with van der Waals surface area (Å²) >= 11 is 6.08. The zero-order valence-corrected chi connectivity index (χ0v) is 22.0. The van der Waals surface area contributed by atoms with E-state index in [1.165, 1.54) is 17.7 Å². The molecule has 0 saturated carbocycles. The molecule has 5 rings (SSSR count). The molecule has 0 spiro atoms. The number of hydrogen-bond donors (Lipinski definition) is 1. The Bertz CT molecular complexity index is 1090. The summed E-state index contributed by atoms with van der Waals surface area (Å²) in [6.07, 6.45) is 9.21. The van der Waals surface area contributed by atoms with Gasteiger partial charge in [-0.1, -0.05) is 17.7 Å². The molecule has 8 nitrogen and oxygen atoms in total. The molecule has 0 bridgehead atoms. The van der Waals surface area contributed by atoms with Crippen LogP contribution in [0, 0.1) is 5.92 Å². The second-order valence-electron chi connectivity index (χ2n) is 10.5. The van der Waals surface area contributed by atoms with E-state index in [0.717, 1.165) is 76.8 Å². The average molecular weight is 513 g/mol. The maximum Gasteiger partial charge on any atom is 0.274 e. The SMILES string of the molecule is CC(=O)NC1CCN(C(=O)c2nn(CCC3CCN(c4cccc(Cl)n4)CC3)c3c2CCCC3)CC1. The average Bonchev–Trinajstić information content (AvgIpc) is 3.26. The van der Waals surface area contributed by atoms with Crippen molar-refractivity contribution in [2.45, 2.75) is 77.3 Å². The molecule has 1 N–H and O–H groups in total. The van der Waals surface area contributed by atoms with Crippen LogP contribution in [0.1, 0.15) is 73.6 Å². The molecule has 0 radical (unpaired) electrons. The number of rotatable bonds is 6. The predicted octanol–water partition coefficient (Wildman–Crippen LogP) is 3.86. The molecule has 2 aromatic rings. The number of nitrogens with one attached hydrogen (secondary N) is 1. The molecular formula is C27H37ClN6O2. The van der Waals surface area contributed by atoms with Crippen molar-refractivity contribution >= 4 is 29.2 Å². The van der Waals surface area contributed by atoms with Gasteiger partial charge in [-0.3, -0.25) is 14.3 Å². The van der Waals surface area contributed by atoms with E-state index in [2.05, 4.69) is 19.9 Å². The van der Waals surface area contributed by atoms with Crippen LogP contribution in [0.2, 0.25) is 5.15 Å². The summed E-state index contributed by atoms with van der Waals surface area (Å²) in [6.45, 7) is 5.76. The van der Waals surface area contributed by atoms with Gasteiger partial charge >= 0.3 is 0 Å². The summed E-state index contributed by atoms with van der Waals surface area (Å²) in [5, 5.41) is 8.44. The minimum Gasteiger partial charge on any atom is -0.357 e. The molecule has 3 aliphatic rings. The van der Waals surface area contributed by atoms with Crippen molar-refractivity contribution in [3.63, 3.8) is 0 Å². The van der Waals surface area contributed by atoms with Gasteiger partial charge in [0.1, 0.15) is 11.0 Å². The molecule has 4 heterocycles. The van der Waals surface area contributed by atoms with E-state index in [9.17, 15) is 9.59 Å². The Morgan fingerprint density at radius 1 is 1.06 bits per heavy atom. The van der Waals surface area contributed by atoms with Gasteiger partial charge in [0.2, 0.25) is 5.91 Å². The lowest BCUT2D eigenvalue weighted by molar-refractivity contribution is -0.119. The van der Waals surface area contributed by atoms with Gasteiger partial charge in [0.05, 0.1) is 0 Å². The van der Waals surface area contributed by atoms with Crippen LogP contribution < -0.4 is 10.2 Å². The van der Waals surface area contributed by atoms with Gasteiger partial charge < -0.3 is 15.1 Å². The molecule has 2 aromatic heterocycles. The standard InChI is InChI=1S/C27H37ClN6O2/c1-19(35)29-21-12-16-33(17-13-21)27(36)26-22-5-2-3-6-23(22)34(31-26)18-11-20-9-14-32(15-10-20)25-8-4-7-24(28)30-25/h4,7-8,20-21H,2-3,5-6,9-18H2,1H3,(H,29,35). The number of pyridine rings is 1. The predicted molar refractivity (Wildman–Crippen MR) is 140 cm³/mol. The van der Waals surface area contributed by atoms with E-state index >= 15 is 0 Å². The third-order valence-corrected chi connectivity index (χ3v) is 8.25. The van der Waals surface area contributed by atoms with Crippen molar-refractivity contribution in [3.05, 3.63) is 40.3 Å². The highest BCUT2D eigenvalue weighted by Crippen LogP contribution is 2.29. The molecule has 2 fully saturated rings. The van der Waals surface area contributed by atoms with E-state index in [0.29, 0.717) is 29.9 Å². The topological polar surface area (TPSA) is 83.4 Å². The number of halogens is 1. The lowest BCUT2D eigenvalue weighted by Crippen LogP contribution is -2.46. The summed E-state index contributed by atoms with van der Waals surface area (Å²) in [7, 11) is 0. The van der Waals surface area contributed by atoms with Gasteiger partial charge in [0.15, 0.2) is 5.69 Å². The molecule has 194 valence electrons.